The molecule has 0 aliphatic carbocycles. The summed E-state index contributed by atoms with van der Waals surface area (Å²) in [5.41, 5.74) is 0. The SMILES string of the molecule is C[Si](C)(C)CP(=S)(c1ccccc1)c1ccccc1. The number of rotatable bonds is 4. The average molecular weight is 304 g/mol. The van der Waals surface area contributed by atoms with Crippen molar-refractivity contribution in [2.75, 3.05) is 5.79 Å². The van der Waals surface area contributed by atoms with Gasteiger partial charge in [-0.1, -0.05) is 92.1 Å². The van der Waals surface area contributed by atoms with Crippen LogP contribution in [0.2, 0.25) is 19.6 Å². The lowest BCUT2D eigenvalue weighted by molar-refractivity contribution is 1.65. The Morgan fingerprint density at radius 1 is 0.789 bits per heavy atom. The molecular formula is C16H21PSSi. The van der Waals surface area contributed by atoms with Gasteiger partial charge in [0.05, 0.1) is 8.07 Å². The first-order chi connectivity index (χ1) is 8.92. The predicted molar refractivity (Wildman–Crippen MR) is 94.7 cm³/mol. The monoisotopic (exact) mass is 304 g/mol. The second kappa shape index (κ2) is 5.74. The minimum absolute atomic E-state index is 1.20. The molecule has 2 rings (SSSR count). The minimum atomic E-state index is -1.65. The third-order valence-electron chi connectivity index (χ3n) is 3.04. The van der Waals surface area contributed by atoms with Crippen LogP contribution in [0.1, 0.15) is 0 Å². The van der Waals surface area contributed by atoms with Crippen molar-refractivity contribution in [1.29, 1.82) is 0 Å². The van der Waals surface area contributed by atoms with Gasteiger partial charge in [0.15, 0.2) is 0 Å². The molecule has 0 spiro atoms. The summed E-state index contributed by atoms with van der Waals surface area (Å²) in [6.07, 6.45) is 0. The largest absolute Gasteiger partial charge is 0.0879 e. The minimum Gasteiger partial charge on any atom is -0.0879 e. The molecule has 0 amide bonds. The first kappa shape index (κ1) is 14.7. The molecule has 0 heterocycles. The Morgan fingerprint density at radius 3 is 1.47 bits per heavy atom. The fourth-order valence-electron chi connectivity index (χ4n) is 2.34. The Balaban J connectivity index is 2.55. The van der Waals surface area contributed by atoms with Gasteiger partial charge in [0.2, 0.25) is 0 Å². The van der Waals surface area contributed by atoms with Crippen molar-refractivity contribution in [3.8, 4) is 0 Å². The summed E-state index contributed by atoms with van der Waals surface area (Å²) in [5.74, 6) is 1.20. The number of hydrogen-bond acceptors (Lipinski definition) is 1. The second-order valence-electron chi connectivity index (χ2n) is 6.13. The highest BCUT2D eigenvalue weighted by atomic mass is 32.4. The van der Waals surface area contributed by atoms with Crippen LogP contribution in [0.25, 0.3) is 0 Å². The zero-order valence-electron chi connectivity index (χ0n) is 11.8. The fraction of sp³-hybridized carbons (Fsp3) is 0.250. The van der Waals surface area contributed by atoms with Gasteiger partial charge in [-0.15, -0.1) is 0 Å². The van der Waals surface area contributed by atoms with Crippen LogP contribution in [0, 0.1) is 0 Å². The van der Waals surface area contributed by atoms with Crippen molar-refractivity contribution in [3.05, 3.63) is 60.7 Å². The normalized spacial score (nSPS) is 12.4. The van der Waals surface area contributed by atoms with Gasteiger partial charge in [-0.25, -0.2) is 0 Å². The maximum Gasteiger partial charge on any atom is 0.0502 e. The van der Waals surface area contributed by atoms with Crippen LogP contribution in [0.5, 0.6) is 0 Å². The first-order valence-corrected chi connectivity index (χ1v) is 13.3. The molecule has 0 aromatic heterocycles. The Hall–Kier alpha value is -0.693. The number of hydrogen-bond donors (Lipinski definition) is 0. The van der Waals surface area contributed by atoms with Crippen LogP contribution < -0.4 is 10.6 Å². The average Bonchev–Trinajstić information content (AvgIpc) is 2.39. The molecule has 0 nitrogen and oxygen atoms in total. The quantitative estimate of drug-likeness (QED) is 0.608. The van der Waals surface area contributed by atoms with Gasteiger partial charge in [0.1, 0.15) is 0 Å². The topological polar surface area (TPSA) is 0 Å². The van der Waals surface area contributed by atoms with E-state index >= 15 is 0 Å². The lowest BCUT2D eigenvalue weighted by atomic mass is 10.4. The summed E-state index contributed by atoms with van der Waals surface area (Å²) in [6, 6.07) is 19.8. The van der Waals surface area contributed by atoms with Crippen molar-refractivity contribution in [2.24, 2.45) is 0 Å². The van der Waals surface area contributed by atoms with E-state index < -0.39 is 14.1 Å². The van der Waals surface area contributed by atoms with E-state index in [0.717, 1.165) is 0 Å². The molecule has 2 aromatic rings. The molecule has 0 radical (unpaired) electrons. The number of benzene rings is 2. The first-order valence-electron chi connectivity index (χ1n) is 6.62. The highest BCUT2D eigenvalue weighted by Gasteiger charge is 2.28. The van der Waals surface area contributed by atoms with Gasteiger partial charge in [-0.05, 0) is 16.4 Å². The van der Waals surface area contributed by atoms with E-state index in [2.05, 4.69) is 80.3 Å². The molecule has 0 atom stereocenters. The second-order valence-corrected chi connectivity index (χ2v) is 16.9. The van der Waals surface area contributed by atoms with Gasteiger partial charge in [-0.2, -0.15) is 0 Å². The Morgan fingerprint density at radius 2 is 1.16 bits per heavy atom. The summed E-state index contributed by atoms with van der Waals surface area (Å²) < 4.78 is 0. The van der Waals surface area contributed by atoms with Crippen LogP contribution in [0.15, 0.2) is 60.7 Å². The van der Waals surface area contributed by atoms with Crippen LogP contribution in [0.4, 0.5) is 0 Å². The molecule has 0 fully saturated rings. The highest BCUT2D eigenvalue weighted by molar-refractivity contribution is 8.22. The van der Waals surface area contributed by atoms with Gasteiger partial charge >= 0.3 is 0 Å². The zero-order valence-corrected chi connectivity index (χ0v) is 14.5. The van der Waals surface area contributed by atoms with E-state index in [1.165, 1.54) is 16.4 Å². The van der Waals surface area contributed by atoms with Crippen molar-refractivity contribution >= 4 is 36.5 Å². The fourth-order valence-corrected chi connectivity index (χ4v) is 15.0. The summed E-state index contributed by atoms with van der Waals surface area (Å²) in [7, 11) is -1.21. The smallest absolute Gasteiger partial charge is 0.0502 e. The van der Waals surface area contributed by atoms with E-state index in [9.17, 15) is 0 Å². The van der Waals surface area contributed by atoms with Crippen LogP contribution in [-0.4, -0.2) is 13.9 Å². The highest BCUT2D eigenvalue weighted by Crippen LogP contribution is 2.45. The van der Waals surface area contributed by atoms with Crippen molar-refractivity contribution in [3.63, 3.8) is 0 Å². The maximum absolute atomic E-state index is 6.23. The molecule has 19 heavy (non-hydrogen) atoms. The molecular weight excluding hydrogens is 283 g/mol. The van der Waals surface area contributed by atoms with Crippen LogP contribution >= 0.6 is 6.04 Å². The Labute approximate surface area is 122 Å². The standard InChI is InChI=1S/C16H21PSSi/c1-19(2,3)14-17(18,15-10-6-4-7-11-15)16-12-8-5-9-13-16/h4-13H,14H2,1-3H3. The zero-order chi connectivity index (χ0) is 13.9. The van der Waals surface area contributed by atoms with E-state index in [1.807, 2.05) is 0 Å². The van der Waals surface area contributed by atoms with Gasteiger partial charge < -0.3 is 0 Å². The molecule has 0 aliphatic heterocycles. The van der Waals surface area contributed by atoms with Crippen molar-refractivity contribution in [1.82, 2.24) is 0 Å². The van der Waals surface area contributed by atoms with Crippen molar-refractivity contribution in [2.45, 2.75) is 19.6 Å². The summed E-state index contributed by atoms with van der Waals surface area (Å²) in [6.45, 7) is 7.25. The van der Waals surface area contributed by atoms with Gasteiger partial charge in [0.25, 0.3) is 0 Å². The maximum atomic E-state index is 6.23. The Bertz CT molecular complexity index is 529. The third kappa shape index (κ3) is 3.66. The van der Waals surface area contributed by atoms with E-state index in [4.69, 9.17) is 11.8 Å². The summed E-state index contributed by atoms with van der Waals surface area (Å²) in [4.78, 5) is 0. The van der Waals surface area contributed by atoms with Crippen molar-refractivity contribution < 1.29 is 0 Å². The molecule has 3 heteroatoms. The molecule has 0 N–H and O–H groups in total. The molecule has 0 saturated heterocycles. The molecule has 0 unspecified atom stereocenters. The van der Waals surface area contributed by atoms with Gasteiger partial charge in [0, 0.05) is 6.04 Å². The van der Waals surface area contributed by atoms with Crippen LogP contribution in [0.3, 0.4) is 0 Å². The summed E-state index contributed by atoms with van der Waals surface area (Å²) >= 11 is 6.23. The molecule has 0 bridgehead atoms. The molecule has 0 aliphatic rings. The molecule has 100 valence electrons. The van der Waals surface area contributed by atoms with E-state index in [0.29, 0.717) is 0 Å². The molecule has 0 saturated carbocycles. The van der Waals surface area contributed by atoms with Gasteiger partial charge in [-0.3, -0.25) is 0 Å². The lowest BCUT2D eigenvalue weighted by Crippen LogP contribution is -2.32. The Kier molecular flexibility index (Phi) is 4.45. The predicted octanol–water partition coefficient (Wildman–Crippen LogP) is 3.99. The molecule has 2 aromatic carbocycles. The van der Waals surface area contributed by atoms with E-state index in [1.54, 1.807) is 0 Å². The lowest BCUT2D eigenvalue weighted by Gasteiger charge is -2.29. The summed E-state index contributed by atoms with van der Waals surface area (Å²) in [5, 5.41) is 2.72. The third-order valence-corrected chi connectivity index (χ3v) is 13.3. The van der Waals surface area contributed by atoms with E-state index in [-0.39, 0.29) is 0 Å². The van der Waals surface area contributed by atoms with Crippen LogP contribution in [-0.2, 0) is 11.8 Å².